The number of anilines is 1. The lowest BCUT2D eigenvalue weighted by Gasteiger charge is -2.36. The zero-order valence-electron chi connectivity index (χ0n) is 27.0. The van der Waals surface area contributed by atoms with Gasteiger partial charge in [-0.15, -0.1) is 13.2 Å². The molecule has 0 aliphatic carbocycles. The third-order valence-corrected chi connectivity index (χ3v) is 9.69. The van der Waals surface area contributed by atoms with Gasteiger partial charge in [-0.2, -0.15) is 0 Å². The van der Waals surface area contributed by atoms with Crippen molar-refractivity contribution in [3.8, 4) is 0 Å². The lowest BCUT2D eigenvalue weighted by atomic mass is 9.70. The Hall–Kier alpha value is -4.03. The molecule has 3 saturated heterocycles. The number of para-hydroxylation sites is 1. The first-order valence-electron chi connectivity index (χ1n) is 16.1. The lowest BCUT2D eigenvalue weighted by molar-refractivity contribution is -0.163. The van der Waals surface area contributed by atoms with E-state index in [1.54, 1.807) is 60.7 Å². The molecule has 3 heterocycles. The molecule has 1 spiro atoms. The average Bonchev–Trinajstić information content (AvgIpc) is 3.73. The van der Waals surface area contributed by atoms with E-state index in [9.17, 15) is 24.3 Å². The van der Waals surface area contributed by atoms with Gasteiger partial charge in [-0.05, 0) is 37.0 Å². The third-order valence-electron chi connectivity index (χ3n) is 9.37. The van der Waals surface area contributed by atoms with Crippen LogP contribution in [-0.2, 0) is 33.4 Å². The molecule has 5 rings (SSSR count). The van der Waals surface area contributed by atoms with Crippen molar-refractivity contribution in [3.05, 3.63) is 90.5 Å². The summed E-state index contributed by atoms with van der Waals surface area (Å²) in [4.78, 5) is 58.6. The number of aliphatic hydroxyl groups is 1. The van der Waals surface area contributed by atoms with Gasteiger partial charge in [0.05, 0.1) is 47.9 Å². The Labute approximate surface area is 285 Å². The molecule has 3 aliphatic rings. The Morgan fingerprint density at radius 3 is 2.56 bits per heavy atom. The van der Waals surface area contributed by atoms with Crippen LogP contribution in [0.4, 0.5) is 5.69 Å². The predicted molar refractivity (Wildman–Crippen MR) is 179 cm³/mol. The van der Waals surface area contributed by atoms with Crippen molar-refractivity contribution in [3.63, 3.8) is 0 Å². The Kier molecular flexibility index (Phi) is 11.4. The molecule has 2 N–H and O–H groups in total. The summed E-state index contributed by atoms with van der Waals surface area (Å²) in [5, 5.41) is 13.3. The minimum atomic E-state index is -1.33. The normalized spacial score (nSPS) is 25.2. The van der Waals surface area contributed by atoms with E-state index in [2.05, 4.69) is 18.5 Å². The van der Waals surface area contributed by atoms with Crippen LogP contribution in [0.15, 0.2) is 79.9 Å². The number of esters is 1. The molecule has 12 heteroatoms. The fraction of sp³-hybridized carbons (Fsp3) is 0.444. The number of aliphatic hydroxyl groups excluding tert-OH is 1. The van der Waals surface area contributed by atoms with Gasteiger partial charge >= 0.3 is 5.97 Å². The number of fused-ring (bicyclic) bond motifs is 1. The van der Waals surface area contributed by atoms with Crippen LogP contribution in [0.2, 0.25) is 5.02 Å². The van der Waals surface area contributed by atoms with Crippen molar-refractivity contribution in [2.45, 2.75) is 55.6 Å². The number of amides is 3. The molecule has 256 valence electrons. The maximum Gasteiger partial charge on any atom is 0.313 e. The number of nitrogens with zero attached hydrogens (tertiary/aromatic N) is 2. The van der Waals surface area contributed by atoms with Gasteiger partial charge < -0.3 is 34.4 Å². The van der Waals surface area contributed by atoms with E-state index in [4.69, 9.17) is 25.8 Å². The van der Waals surface area contributed by atoms with Crippen molar-refractivity contribution in [2.24, 2.45) is 11.8 Å². The molecule has 0 aromatic heterocycles. The van der Waals surface area contributed by atoms with Gasteiger partial charge in [-0.1, -0.05) is 66.2 Å². The number of hydrogen-bond donors (Lipinski definition) is 2. The number of carbonyl (C=O) groups is 4. The quantitative estimate of drug-likeness (QED) is 0.203. The molecule has 3 fully saturated rings. The Bertz CT molecular complexity index is 1520. The number of carbonyl (C=O) groups excluding carboxylic acids is 4. The van der Waals surface area contributed by atoms with Gasteiger partial charge in [0.1, 0.15) is 17.7 Å². The van der Waals surface area contributed by atoms with E-state index in [0.29, 0.717) is 35.5 Å². The van der Waals surface area contributed by atoms with Gasteiger partial charge in [0.2, 0.25) is 11.8 Å². The summed E-state index contributed by atoms with van der Waals surface area (Å²) < 4.78 is 18.2. The van der Waals surface area contributed by atoms with E-state index < -0.39 is 66.1 Å². The van der Waals surface area contributed by atoms with Crippen LogP contribution in [0.5, 0.6) is 0 Å². The van der Waals surface area contributed by atoms with Crippen LogP contribution < -0.4 is 10.2 Å². The predicted octanol–water partition coefficient (Wildman–Crippen LogP) is 3.61. The molecular formula is C36H42ClN3O8. The largest absolute Gasteiger partial charge is 0.455 e. The maximum absolute atomic E-state index is 14.5. The highest BCUT2D eigenvalue weighted by atomic mass is 35.5. The van der Waals surface area contributed by atoms with Crippen molar-refractivity contribution in [1.82, 2.24) is 10.2 Å². The van der Waals surface area contributed by atoms with Crippen LogP contribution >= 0.6 is 11.6 Å². The smallest absolute Gasteiger partial charge is 0.313 e. The summed E-state index contributed by atoms with van der Waals surface area (Å²) in [5.74, 6) is -3.91. The Balaban J connectivity index is 1.48. The fourth-order valence-corrected chi connectivity index (χ4v) is 7.67. The molecule has 2 aromatic rings. The zero-order valence-corrected chi connectivity index (χ0v) is 27.7. The number of rotatable bonds is 16. The van der Waals surface area contributed by atoms with Crippen molar-refractivity contribution >= 4 is 41.0 Å². The van der Waals surface area contributed by atoms with Gasteiger partial charge in [-0.3, -0.25) is 19.2 Å². The van der Waals surface area contributed by atoms with Gasteiger partial charge in [0.15, 0.2) is 0 Å². The Morgan fingerprint density at radius 2 is 1.90 bits per heavy atom. The molecule has 0 radical (unpaired) electrons. The number of methoxy groups -OCH3 is 1. The number of ether oxygens (including phenoxy) is 3. The van der Waals surface area contributed by atoms with Crippen LogP contribution in [0.1, 0.15) is 37.4 Å². The van der Waals surface area contributed by atoms with Crippen LogP contribution in [0, 0.1) is 11.8 Å². The second-order valence-corrected chi connectivity index (χ2v) is 12.6. The minimum absolute atomic E-state index is 0.0472. The van der Waals surface area contributed by atoms with E-state index in [0.717, 1.165) is 0 Å². The molecule has 2 bridgehead atoms. The summed E-state index contributed by atoms with van der Waals surface area (Å²) >= 11 is 6.51. The van der Waals surface area contributed by atoms with E-state index >= 15 is 0 Å². The second-order valence-electron chi connectivity index (χ2n) is 12.2. The minimum Gasteiger partial charge on any atom is -0.455 e. The summed E-state index contributed by atoms with van der Waals surface area (Å²) in [7, 11) is 1.49. The lowest BCUT2D eigenvalue weighted by Crippen LogP contribution is -2.57. The Morgan fingerprint density at radius 1 is 1.17 bits per heavy atom. The zero-order chi connectivity index (χ0) is 34.4. The molecule has 0 saturated carbocycles. The molecule has 3 amide bonds. The van der Waals surface area contributed by atoms with Crippen molar-refractivity contribution < 1.29 is 38.5 Å². The third kappa shape index (κ3) is 6.64. The van der Waals surface area contributed by atoms with E-state index in [1.165, 1.54) is 16.9 Å². The van der Waals surface area contributed by atoms with Crippen LogP contribution in [0.25, 0.3) is 0 Å². The topological polar surface area (TPSA) is 135 Å². The fourth-order valence-electron chi connectivity index (χ4n) is 7.43. The van der Waals surface area contributed by atoms with E-state index in [-0.39, 0.29) is 32.0 Å². The highest BCUT2D eigenvalue weighted by Gasteiger charge is 2.75. The van der Waals surface area contributed by atoms with Gasteiger partial charge in [0.25, 0.3) is 5.91 Å². The van der Waals surface area contributed by atoms with Gasteiger partial charge in [0, 0.05) is 26.6 Å². The number of likely N-dealkylation sites (tertiary alicyclic amines) is 1. The second kappa shape index (κ2) is 15.5. The van der Waals surface area contributed by atoms with Crippen molar-refractivity contribution in [2.75, 3.05) is 38.3 Å². The molecule has 3 aliphatic heterocycles. The summed E-state index contributed by atoms with van der Waals surface area (Å²) in [6.07, 6.45) is 3.03. The first-order valence-corrected chi connectivity index (χ1v) is 16.5. The molecule has 48 heavy (non-hydrogen) atoms. The summed E-state index contributed by atoms with van der Waals surface area (Å²) in [5.41, 5.74) is -0.261. The highest BCUT2D eigenvalue weighted by Crippen LogP contribution is 2.59. The standard InChI is InChI=1S/C36H42ClN3O8/c1-4-6-16-28(42)38-25(22-46-3)31(23-12-8-7-9-13-23)47-35(45)29-27-17-18-36(48-27)30(29)33(43)40(20-21-41)32(36)34(44)39(19-5-2)26-15-11-10-14-24(26)37/h4-5,7-15,25,27,29-32,41H,1-2,6,16-22H2,3H3,(H,38,42)/t25-,27+,29-,30-,31-,32+,36-/m0/s1. The number of halogens is 1. The first-order chi connectivity index (χ1) is 23.2. The molecule has 11 nitrogen and oxygen atoms in total. The number of benzene rings is 2. The summed E-state index contributed by atoms with van der Waals surface area (Å²) in [6, 6.07) is 14.0. The molecule has 2 aromatic carbocycles. The molecule has 7 atom stereocenters. The SMILES string of the molecule is C=CCCC(=O)N[C@@H](COC)[C@@H](OC(=O)[C@@H]1[C@H]2C(=O)N(CCO)[C@H](C(=O)N(CC=C)c3ccccc3Cl)[C@]23CC[C@H]1O3)c1ccccc1. The summed E-state index contributed by atoms with van der Waals surface area (Å²) in [6.45, 7) is 7.10. The van der Waals surface area contributed by atoms with Crippen LogP contribution in [0.3, 0.4) is 0 Å². The molecule has 0 unspecified atom stereocenters. The van der Waals surface area contributed by atoms with Gasteiger partial charge in [-0.25, -0.2) is 0 Å². The average molecular weight is 680 g/mol. The highest BCUT2D eigenvalue weighted by molar-refractivity contribution is 6.34. The monoisotopic (exact) mass is 679 g/mol. The van der Waals surface area contributed by atoms with Crippen LogP contribution in [-0.4, -0.2) is 90.9 Å². The number of β-amino-alcohol motifs (C(OH)–C–C–N with tert-alkyl or cyclic N) is 1. The maximum atomic E-state index is 14.5. The molecular weight excluding hydrogens is 638 g/mol. The number of allylic oxidation sites excluding steroid dienone is 1. The van der Waals surface area contributed by atoms with E-state index in [1.807, 2.05) is 6.07 Å². The first kappa shape index (κ1) is 35.3. The van der Waals surface area contributed by atoms with Crippen molar-refractivity contribution in [1.29, 1.82) is 0 Å². The number of hydrogen-bond acceptors (Lipinski definition) is 8. The number of nitrogens with one attached hydrogen (secondary N) is 1.